The number of aryl methyl sites for hydroxylation is 3. The molecule has 4 aromatic rings. The van der Waals surface area contributed by atoms with E-state index in [2.05, 4.69) is 10.7 Å². The SMILES string of the molecule is Cc1cc(C(=O)NCCC[N+](C)(CCCS(=O)(=O)O)NC(=O)CCCC(=O)ON2C(=O)CCC2=O)cc(C)c1OC(=O)c1c2ccccc2[n+](CCCS(=O)(=O)O)c2ccccc12. The fourth-order valence-corrected chi connectivity index (χ4v) is 8.46. The molecule has 1 saturated heterocycles. The Labute approximate surface area is 364 Å². The van der Waals surface area contributed by atoms with Gasteiger partial charge in [-0.2, -0.15) is 21.4 Å². The van der Waals surface area contributed by atoms with Crippen LogP contribution in [0.15, 0.2) is 60.7 Å². The Hall–Kier alpha value is -5.87. The number of carbonyl (C=O) groups excluding carboxylic acids is 6. The van der Waals surface area contributed by atoms with Gasteiger partial charge in [0.2, 0.25) is 11.0 Å². The number of carbonyl (C=O) groups is 6. The number of nitrogens with zero attached hydrogens (tertiary/aromatic N) is 3. The number of imide groups is 1. The van der Waals surface area contributed by atoms with Crippen LogP contribution in [0.5, 0.6) is 5.75 Å². The summed E-state index contributed by atoms with van der Waals surface area (Å²) in [6.07, 6.45) is -0.00479. The van der Waals surface area contributed by atoms with Crippen LogP contribution in [-0.4, -0.2) is 109 Å². The van der Waals surface area contributed by atoms with Crippen molar-refractivity contribution in [1.29, 1.82) is 0 Å². The van der Waals surface area contributed by atoms with Gasteiger partial charge >= 0.3 is 11.9 Å². The van der Waals surface area contributed by atoms with Crippen LogP contribution >= 0.6 is 0 Å². The predicted molar refractivity (Wildman–Crippen MR) is 227 cm³/mol. The second-order valence-electron chi connectivity index (χ2n) is 15.6. The average molecular weight is 914 g/mol. The Morgan fingerprint density at radius 3 is 1.89 bits per heavy atom. The third kappa shape index (κ3) is 13.3. The van der Waals surface area contributed by atoms with Crippen molar-refractivity contribution in [2.75, 3.05) is 38.2 Å². The summed E-state index contributed by atoms with van der Waals surface area (Å²) in [5, 5.41) is 4.41. The summed E-state index contributed by atoms with van der Waals surface area (Å²) in [5.74, 6) is -4.36. The molecule has 3 aromatic carbocycles. The van der Waals surface area contributed by atoms with Crippen molar-refractivity contribution in [2.45, 2.75) is 71.8 Å². The molecule has 0 radical (unpaired) electrons. The molecule has 4 amide bonds. The maximum Gasteiger partial charge on any atom is 0.345 e. The fourth-order valence-electron chi connectivity index (χ4n) is 7.47. The largest absolute Gasteiger partial charge is 0.422 e. The number of amides is 4. The smallest absolute Gasteiger partial charge is 0.345 e. The molecule has 1 atom stereocenters. The number of hydrogen-bond donors (Lipinski definition) is 4. The van der Waals surface area contributed by atoms with E-state index in [4.69, 9.17) is 9.57 Å². The number of pyridine rings is 1. The number of hydroxylamine groups is 2. The molecule has 0 spiro atoms. The first-order valence-electron chi connectivity index (χ1n) is 20.2. The lowest BCUT2D eigenvalue weighted by atomic mass is 10.0. The van der Waals surface area contributed by atoms with Gasteiger partial charge in [0.15, 0.2) is 6.54 Å². The molecule has 19 nitrogen and oxygen atoms in total. The van der Waals surface area contributed by atoms with E-state index in [9.17, 15) is 54.7 Å². The van der Waals surface area contributed by atoms with Crippen molar-refractivity contribution >= 4 is 77.6 Å². The van der Waals surface area contributed by atoms with Gasteiger partial charge < -0.3 is 14.9 Å². The van der Waals surface area contributed by atoms with Crippen LogP contribution in [-0.2, 0) is 50.8 Å². The van der Waals surface area contributed by atoms with Crippen LogP contribution in [0.4, 0.5) is 0 Å². The minimum Gasteiger partial charge on any atom is -0.422 e. The second-order valence-corrected chi connectivity index (χ2v) is 18.7. The number of rotatable bonds is 21. The molecular weight excluding hydrogens is 863 g/mol. The minimum atomic E-state index is -4.27. The number of para-hydroxylation sites is 2. The van der Waals surface area contributed by atoms with Crippen LogP contribution in [0, 0.1) is 13.8 Å². The van der Waals surface area contributed by atoms with Gasteiger partial charge in [0, 0.05) is 69.2 Å². The molecule has 1 fully saturated rings. The van der Waals surface area contributed by atoms with Gasteiger partial charge in [-0.1, -0.05) is 24.3 Å². The number of quaternary nitrogens is 1. The third-order valence-corrected chi connectivity index (χ3v) is 12.0. The summed E-state index contributed by atoms with van der Waals surface area (Å²) >= 11 is 0. The molecule has 2 heterocycles. The molecule has 5 rings (SSSR count). The summed E-state index contributed by atoms with van der Waals surface area (Å²) in [6, 6.07) is 17.5. The van der Waals surface area contributed by atoms with Crippen LogP contribution in [0.2, 0.25) is 0 Å². The van der Waals surface area contributed by atoms with Crippen molar-refractivity contribution in [1.82, 2.24) is 15.8 Å². The number of aromatic nitrogens is 1. The van der Waals surface area contributed by atoms with Crippen molar-refractivity contribution in [3.05, 3.63) is 82.9 Å². The lowest BCUT2D eigenvalue weighted by molar-refractivity contribution is -0.943. The standard InChI is InChI=1S/C42H49N5O14S2/c1-28-26-30(27-29(2)40(28)60-42(53)39-31-12-4-6-14-33(31)45(21-10-24-62(54,55)56)34-15-7-5-13-32(34)39)41(52)43-20-9-22-47(3,23-11-25-63(57,58)59)44-35(48)16-8-17-38(51)61-46-36(49)18-19-37(46)50/h4-7,12-15,26-27H,8-11,16-25H2,1-3H3,(H2-2,43,44,48,52,54,55,56,57,58,59)/p+2. The molecule has 63 heavy (non-hydrogen) atoms. The molecule has 0 saturated carbocycles. The van der Waals surface area contributed by atoms with Crippen molar-refractivity contribution in [3.8, 4) is 5.75 Å². The van der Waals surface area contributed by atoms with E-state index in [1.165, 1.54) is 0 Å². The molecular formula is C42H51N5O14S2+2. The summed E-state index contributed by atoms with van der Waals surface area (Å²) < 4.78 is 72.0. The van der Waals surface area contributed by atoms with Gasteiger partial charge in [0.1, 0.15) is 18.8 Å². The zero-order valence-corrected chi connectivity index (χ0v) is 36.8. The number of fused-ring (bicyclic) bond motifs is 2. The fraction of sp³-hybridized carbons (Fsp3) is 0.405. The average Bonchev–Trinajstić information content (AvgIpc) is 3.51. The Balaban J connectivity index is 1.21. The van der Waals surface area contributed by atoms with Crippen molar-refractivity contribution in [3.63, 3.8) is 0 Å². The van der Waals surface area contributed by atoms with E-state index in [0.717, 1.165) is 0 Å². The molecule has 0 aliphatic carbocycles. The third-order valence-electron chi connectivity index (χ3n) is 10.4. The van der Waals surface area contributed by atoms with Crippen molar-refractivity contribution in [2.24, 2.45) is 0 Å². The highest BCUT2D eigenvalue weighted by molar-refractivity contribution is 7.86. The second kappa shape index (κ2) is 20.5. The van der Waals surface area contributed by atoms with Crippen LogP contribution in [0.1, 0.15) is 83.2 Å². The van der Waals surface area contributed by atoms with Crippen LogP contribution in [0.25, 0.3) is 21.8 Å². The number of ether oxygens (including phenoxy) is 1. The van der Waals surface area contributed by atoms with E-state index in [0.29, 0.717) is 55.5 Å². The number of nitrogens with one attached hydrogen (secondary N) is 2. The zero-order chi connectivity index (χ0) is 46.1. The summed E-state index contributed by atoms with van der Waals surface area (Å²) in [5.41, 5.74) is 5.74. The molecule has 1 aliphatic rings. The predicted octanol–water partition coefficient (Wildman–Crippen LogP) is 3.05. The first kappa shape index (κ1) is 48.2. The molecule has 21 heteroatoms. The summed E-state index contributed by atoms with van der Waals surface area (Å²) in [7, 11) is -6.81. The topological polar surface area (TPSA) is 261 Å². The highest BCUT2D eigenvalue weighted by atomic mass is 32.2. The van der Waals surface area contributed by atoms with Gasteiger partial charge in [-0.3, -0.25) is 28.3 Å². The van der Waals surface area contributed by atoms with Gasteiger partial charge in [0.25, 0.3) is 43.9 Å². The Kier molecular flexibility index (Phi) is 15.7. The van der Waals surface area contributed by atoms with E-state index >= 15 is 0 Å². The molecule has 338 valence electrons. The lowest BCUT2D eigenvalue weighted by Crippen LogP contribution is -2.59. The summed E-state index contributed by atoms with van der Waals surface area (Å²) in [4.78, 5) is 80.7. The van der Waals surface area contributed by atoms with E-state index in [1.807, 2.05) is 16.7 Å². The van der Waals surface area contributed by atoms with Crippen LogP contribution in [0.3, 0.4) is 0 Å². The van der Waals surface area contributed by atoms with Crippen molar-refractivity contribution < 1.29 is 73.4 Å². The molecule has 1 unspecified atom stereocenters. The molecule has 1 aliphatic heterocycles. The highest BCUT2D eigenvalue weighted by Gasteiger charge is 2.33. The normalized spacial score (nSPS) is 14.1. The van der Waals surface area contributed by atoms with Gasteiger partial charge in [0.05, 0.1) is 34.9 Å². The number of hydrogen-bond acceptors (Lipinski definition) is 12. The first-order valence-corrected chi connectivity index (χ1v) is 23.4. The van der Waals surface area contributed by atoms with Gasteiger partial charge in [-0.05, 0) is 55.7 Å². The highest BCUT2D eigenvalue weighted by Crippen LogP contribution is 2.30. The van der Waals surface area contributed by atoms with Gasteiger partial charge in [-0.25, -0.2) is 19.6 Å². The molecule has 0 bridgehead atoms. The maximum absolute atomic E-state index is 14.1. The minimum absolute atomic E-state index is 0.00192. The van der Waals surface area contributed by atoms with Crippen LogP contribution < -0.4 is 20.0 Å². The zero-order valence-electron chi connectivity index (χ0n) is 35.1. The summed E-state index contributed by atoms with van der Waals surface area (Å²) in [6.45, 7) is 4.14. The lowest BCUT2D eigenvalue weighted by Gasteiger charge is -2.33. The van der Waals surface area contributed by atoms with E-state index in [-0.39, 0.29) is 81.5 Å². The first-order chi connectivity index (χ1) is 29.6. The Bertz CT molecular complexity index is 2580. The quantitative estimate of drug-likeness (QED) is 0.0108. The molecule has 1 aromatic heterocycles. The number of esters is 1. The Morgan fingerprint density at radius 2 is 1.32 bits per heavy atom. The van der Waals surface area contributed by atoms with E-state index in [1.54, 1.807) is 69.4 Å². The molecule has 4 N–H and O–H groups in total. The monoisotopic (exact) mass is 913 g/mol. The van der Waals surface area contributed by atoms with E-state index < -0.39 is 67.3 Å². The van der Waals surface area contributed by atoms with Gasteiger partial charge in [-0.15, -0.1) is 5.06 Å². The Morgan fingerprint density at radius 1 is 0.778 bits per heavy atom. The maximum atomic E-state index is 14.1. The number of benzene rings is 3.